The summed E-state index contributed by atoms with van der Waals surface area (Å²) in [5, 5.41) is 4.07. The van der Waals surface area contributed by atoms with Gasteiger partial charge in [-0.15, -0.1) is 0 Å². The van der Waals surface area contributed by atoms with Crippen molar-refractivity contribution in [3.63, 3.8) is 0 Å². The first-order chi connectivity index (χ1) is 7.25. The van der Waals surface area contributed by atoms with Crippen molar-refractivity contribution < 1.29 is 4.79 Å². The highest BCUT2D eigenvalue weighted by Gasteiger charge is 2.12. The van der Waals surface area contributed by atoms with Gasteiger partial charge in [0.05, 0.1) is 0 Å². The number of nitrogens with zero attached hydrogens (tertiary/aromatic N) is 3. The van der Waals surface area contributed by atoms with Crippen molar-refractivity contribution in [1.82, 2.24) is 14.7 Å². The smallest absolute Gasteiger partial charge is 0.269 e. The molecule has 2 heterocycles. The van der Waals surface area contributed by atoms with Gasteiger partial charge in [0.15, 0.2) is 0 Å². The molecule has 0 unspecified atom stereocenters. The van der Waals surface area contributed by atoms with E-state index in [2.05, 4.69) is 10.00 Å². The molecule has 0 aliphatic carbocycles. The second kappa shape index (κ2) is 4.44. The number of primary amides is 1. The van der Waals surface area contributed by atoms with Crippen LogP contribution in [0.15, 0.2) is 12.3 Å². The zero-order chi connectivity index (χ0) is 10.7. The van der Waals surface area contributed by atoms with Crippen molar-refractivity contribution in [2.45, 2.75) is 19.4 Å². The Labute approximate surface area is 88.8 Å². The third-order valence-corrected chi connectivity index (χ3v) is 2.70. The summed E-state index contributed by atoms with van der Waals surface area (Å²) in [6, 6.07) is 1.66. The van der Waals surface area contributed by atoms with Crippen LogP contribution in [0.25, 0.3) is 0 Å². The van der Waals surface area contributed by atoms with Crippen LogP contribution >= 0.6 is 0 Å². The topological polar surface area (TPSA) is 64.2 Å². The zero-order valence-corrected chi connectivity index (χ0v) is 8.72. The standard InChI is InChI=1S/C10H16N4O/c11-10(15)9-3-8-14(12-9)7-2-6-13-4-1-5-13/h3,8H,1-2,4-7H2,(H2,11,15). The van der Waals surface area contributed by atoms with Gasteiger partial charge < -0.3 is 10.6 Å². The van der Waals surface area contributed by atoms with Crippen molar-refractivity contribution in [2.24, 2.45) is 5.73 Å². The minimum Gasteiger partial charge on any atom is -0.364 e. The number of hydrogen-bond acceptors (Lipinski definition) is 3. The molecule has 2 N–H and O–H groups in total. The van der Waals surface area contributed by atoms with Crippen LogP contribution in [0.4, 0.5) is 0 Å². The number of likely N-dealkylation sites (tertiary alicyclic amines) is 1. The molecule has 1 amide bonds. The predicted molar refractivity (Wildman–Crippen MR) is 56.4 cm³/mol. The molecule has 1 aliphatic rings. The molecule has 2 rings (SSSR count). The highest BCUT2D eigenvalue weighted by atomic mass is 16.1. The maximum Gasteiger partial charge on any atom is 0.269 e. The van der Waals surface area contributed by atoms with E-state index in [1.54, 1.807) is 16.9 Å². The van der Waals surface area contributed by atoms with Gasteiger partial charge in [-0.25, -0.2) is 0 Å². The first-order valence-electron chi connectivity index (χ1n) is 5.31. The molecule has 0 aromatic carbocycles. The van der Waals surface area contributed by atoms with Crippen LogP contribution in [0.2, 0.25) is 0 Å². The molecule has 5 heteroatoms. The molecule has 1 aromatic rings. The summed E-state index contributed by atoms with van der Waals surface area (Å²) in [6.07, 6.45) is 4.20. The molecule has 1 fully saturated rings. The number of carbonyl (C=O) groups is 1. The van der Waals surface area contributed by atoms with E-state index in [0.29, 0.717) is 5.69 Å². The van der Waals surface area contributed by atoms with Crippen molar-refractivity contribution in [2.75, 3.05) is 19.6 Å². The highest BCUT2D eigenvalue weighted by Crippen LogP contribution is 2.06. The van der Waals surface area contributed by atoms with Gasteiger partial charge in [0, 0.05) is 12.7 Å². The third kappa shape index (κ3) is 2.56. The molecule has 0 spiro atoms. The van der Waals surface area contributed by atoms with Gasteiger partial charge in [0.2, 0.25) is 0 Å². The first kappa shape index (κ1) is 10.2. The van der Waals surface area contributed by atoms with Gasteiger partial charge in [-0.05, 0) is 38.5 Å². The van der Waals surface area contributed by atoms with Crippen LogP contribution in [0.1, 0.15) is 23.3 Å². The molecular formula is C10H16N4O. The molecule has 0 radical (unpaired) electrons. The second-order valence-electron chi connectivity index (χ2n) is 3.88. The normalized spacial score (nSPS) is 16.3. The summed E-state index contributed by atoms with van der Waals surface area (Å²) in [7, 11) is 0. The van der Waals surface area contributed by atoms with Crippen molar-refractivity contribution in [1.29, 1.82) is 0 Å². The number of carbonyl (C=O) groups excluding carboxylic acids is 1. The fourth-order valence-electron chi connectivity index (χ4n) is 1.68. The van der Waals surface area contributed by atoms with E-state index in [1.807, 2.05) is 0 Å². The summed E-state index contributed by atoms with van der Waals surface area (Å²) < 4.78 is 1.78. The van der Waals surface area contributed by atoms with Crippen LogP contribution in [0, 0.1) is 0 Å². The average Bonchev–Trinajstić information content (AvgIpc) is 2.57. The van der Waals surface area contributed by atoms with Crippen LogP contribution in [0.5, 0.6) is 0 Å². The maximum absolute atomic E-state index is 10.8. The number of rotatable bonds is 5. The minimum atomic E-state index is -0.462. The Hall–Kier alpha value is -1.36. The van der Waals surface area contributed by atoms with Gasteiger partial charge in [0.25, 0.3) is 5.91 Å². The van der Waals surface area contributed by atoms with E-state index in [1.165, 1.54) is 19.5 Å². The van der Waals surface area contributed by atoms with Crippen molar-refractivity contribution in [3.05, 3.63) is 18.0 Å². The quantitative estimate of drug-likeness (QED) is 0.745. The largest absolute Gasteiger partial charge is 0.364 e. The summed E-state index contributed by atoms with van der Waals surface area (Å²) >= 11 is 0. The van der Waals surface area contributed by atoms with Crippen molar-refractivity contribution in [3.8, 4) is 0 Å². The Morgan fingerprint density at radius 2 is 2.27 bits per heavy atom. The van der Waals surface area contributed by atoms with E-state index in [4.69, 9.17) is 5.73 Å². The molecule has 82 valence electrons. The summed E-state index contributed by atoms with van der Waals surface area (Å²) in [4.78, 5) is 13.2. The van der Waals surface area contributed by atoms with Crippen LogP contribution in [-0.2, 0) is 6.54 Å². The summed E-state index contributed by atoms with van der Waals surface area (Å²) in [5.41, 5.74) is 5.46. The molecule has 0 atom stereocenters. The summed E-state index contributed by atoms with van der Waals surface area (Å²) in [6.45, 7) is 4.42. The van der Waals surface area contributed by atoms with Crippen molar-refractivity contribution >= 4 is 5.91 Å². The monoisotopic (exact) mass is 208 g/mol. The van der Waals surface area contributed by atoms with Gasteiger partial charge in [0.1, 0.15) is 5.69 Å². The van der Waals surface area contributed by atoms with E-state index >= 15 is 0 Å². The fourth-order valence-corrected chi connectivity index (χ4v) is 1.68. The Balaban J connectivity index is 1.75. The molecule has 1 saturated heterocycles. The Bertz CT molecular complexity index is 343. The van der Waals surface area contributed by atoms with Crippen LogP contribution in [-0.4, -0.2) is 40.2 Å². The Morgan fingerprint density at radius 1 is 1.47 bits per heavy atom. The van der Waals surface area contributed by atoms with E-state index in [-0.39, 0.29) is 0 Å². The second-order valence-corrected chi connectivity index (χ2v) is 3.88. The van der Waals surface area contributed by atoms with Gasteiger partial charge in [-0.3, -0.25) is 9.48 Å². The number of aryl methyl sites for hydroxylation is 1. The van der Waals surface area contributed by atoms with E-state index < -0.39 is 5.91 Å². The third-order valence-electron chi connectivity index (χ3n) is 2.70. The molecule has 0 bridgehead atoms. The number of nitrogens with two attached hydrogens (primary N) is 1. The van der Waals surface area contributed by atoms with E-state index in [0.717, 1.165) is 19.5 Å². The molecule has 0 saturated carbocycles. The molecular weight excluding hydrogens is 192 g/mol. The highest BCUT2D eigenvalue weighted by molar-refractivity contribution is 5.90. The fraction of sp³-hybridized carbons (Fsp3) is 0.600. The Kier molecular flexibility index (Phi) is 3.01. The molecule has 5 nitrogen and oxygen atoms in total. The van der Waals surface area contributed by atoms with Gasteiger partial charge >= 0.3 is 0 Å². The molecule has 15 heavy (non-hydrogen) atoms. The Morgan fingerprint density at radius 3 is 2.80 bits per heavy atom. The molecule has 1 aromatic heterocycles. The van der Waals surface area contributed by atoms with Gasteiger partial charge in [-0.2, -0.15) is 5.10 Å². The average molecular weight is 208 g/mol. The number of aromatic nitrogens is 2. The number of hydrogen-bond donors (Lipinski definition) is 1. The number of amides is 1. The maximum atomic E-state index is 10.8. The van der Waals surface area contributed by atoms with Crippen LogP contribution in [0.3, 0.4) is 0 Å². The predicted octanol–water partition coefficient (Wildman–Crippen LogP) is 0.0778. The zero-order valence-electron chi connectivity index (χ0n) is 8.72. The molecule has 1 aliphatic heterocycles. The SMILES string of the molecule is NC(=O)c1ccn(CCCN2CCC2)n1. The summed E-state index contributed by atoms with van der Waals surface area (Å²) in [5.74, 6) is -0.462. The lowest BCUT2D eigenvalue weighted by Crippen LogP contribution is -2.38. The van der Waals surface area contributed by atoms with Gasteiger partial charge in [-0.1, -0.05) is 0 Å². The lowest BCUT2D eigenvalue weighted by Gasteiger charge is -2.30. The lowest BCUT2D eigenvalue weighted by molar-refractivity contribution is 0.0994. The van der Waals surface area contributed by atoms with Crippen LogP contribution < -0.4 is 5.73 Å². The first-order valence-corrected chi connectivity index (χ1v) is 5.31. The lowest BCUT2D eigenvalue weighted by atomic mass is 10.2. The minimum absolute atomic E-state index is 0.346. The van der Waals surface area contributed by atoms with E-state index in [9.17, 15) is 4.79 Å².